The number of rotatable bonds is 4. The quantitative estimate of drug-likeness (QED) is 0.817. The first-order chi connectivity index (χ1) is 7.00. The van der Waals surface area contributed by atoms with Crippen LogP contribution in [0.4, 0.5) is 0 Å². The Hall–Kier alpha value is -1.42. The molecule has 0 fully saturated rings. The summed E-state index contributed by atoms with van der Waals surface area (Å²) in [4.78, 5) is 16.6. The van der Waals surface area contributed by atoms with Gasteiger partial charge in [-0.25, -0.2) is 9.78 Å². The Morgan fingerprint density at radius 1 is 1.60 bits per heavy atom. The van der Waals surface area contributed by atoms with Crippen LogP contribution in [-0.4, -0.2) is 34.0 Å². The Bertz CT molecular complexity index is 350. The van der Waals surface area contributed by atoms with Crippen molar-refractivity contribution in [2.75, 3.05) is 7.05 Å². The molecule has 15 heavy (non-hydrogen) atoms. The van der Waals surface area contributed by atoms with Crippen LogP contribution < -0.4 is 0 Å². The van der Waals surface area contributed by atoms with E-state index in [1.54, 1.807) is 6.07 Å². The second-order valence-electron chi connectivity index (χ2n) is 3.86. The Balaban J connectivity index is 2.78. The van der Waals surface area contributed by atoms with Gasteiger partial charge in [-0.2, -0.15) is 0 Å². The van der Waals surface area contributed by atoms with Crippen LogP contribution in [0.5, 0.6) is 0 Å². The minimum atomic E-state index is -0.982. The molecule has 4 heteroatoms. The van der Waals surface area contributed by atoms with E-state index in [1.807, 2.05) is 13.1 Å². The molecule has 0 saturated heterocycles. The summed E-state index contributed by atoms with van der Waals surface area (Å²) >= 11 is 0. The minimum Gasteiger partial charge on any atom is -0.477 e. The molecule has 4 nitrogen and oxygen atoms in total. The monoisotopic (exact) mass is 208 g/mol. The summed E-state index contributed by atoms with van der Waals surface area (Å²) in [5, 5.41) is 8.78. The fourth-order valence-corrected chi connectivity index (χ4v) is 1.16. The maximum Gasteiger partial charge on any atom is 0.354 e. The summed E-state index contributed by atoms with van der Waals surface area (Å²) in [6.07, 6.45) is 1.53. The standard InChI is InChI=1S/C11H16N2O2/c1-8(2)13(3)7-9-4-5-12-10(6-9)11(14)15/h4-6,8H,7H2,1-3H3,(H,14,15). The zero-order chi connectivity index (χ0) is 11.4. The Morgan fingerprint density at radius 2 is 2.27 bits per heavy atom. The predicted molar refractivity (Wildman–Crippen MR) is 57.8 cm³/mol. The molecule has 1 rings (SSSR count). The molecule has 1 N–H and O–H groups in total. The van der Waals surface area contributed by atoms with Crippen molar-refractivity contribution in [2.45, 2.75) is 26.4 Å². The lowest BCUT2D eigenvalue weighted by Crippen LogP contribution is -2.25. The first kappa shape index (κ1) is 11.7. The van der Waals surface area contributed by atoms with Gasteiger partial charge in [0.05, 0.1) is 0 Å². The van der Waals surface area contributed by atoms with Crippen LogP contribution in [0.2, 0.25) is 0 Å². The lowest BCUT2D eigenvalue weighted by Gasteiger charge is -2.20. The molecule has 0 aliphatic rings. The summed E-state index contributed by atoms with van der Waals surface area (Å²) in [6, 6.07) is 3.89. The molecule has 0 atom stereocenters. The van der Waals surface area contributed by atoms with Gasteiger partial charge in [0.1, 0.15) is 5.69 Å². The fourth-order valence-electron chi connectivity index (χ4n) is 1.16. The van der Waals surface area contributed by atoms with Gasteiger partial charge in [-0.15, -0.1) is 0 Å². The number of carboxylic acid groups (broad SMARTS) is 1. The highest BCUT2D eigenvalue weighted by atomic mass is 16.4. The predicted octanol–water partition coefficient (Wildman–Crippen LogP) is 1.62. The third-order valence-electron chi connectivity index (χ3n) is 2.36. The lowest BCUT2D eigenvalue weighted by molar-refractivity contribution is 0.0690. The number of nitrogens with zero attached hydrogens (tertiary/aromatic N) is 2. The van der Waals surface area contributed by atoms with Gasteiger partial charge in [0.2, 0.25) is 0 Å². The average molecular weight is 208 g/mol. The molecule has 0 amide bonds. The van der Waals surface area contributed by atoms with Crippen LogP contribution in [-0.2, 0) is 6.54 Å². The molecule has 0 aliphatic heterocycles. The summed E-state index contributed by atoms with van der Waals surface area (Å²) in [5.74, 6) is -0.982. The zero-order valence-corrected chi connectivity index (χ0v) is 9.27. The van der Waals surface area contributed by atoms with Crippen LogP contribution in [0.25, 0.3) is 0 Å². The van der Waals surface area contributed by atoms with Crippen molar-refractivity contribution < 1.29 is 9.90 Å². The van der Waals surface area contributed by atoms with E-state index in [0.717, 1.165) is 12.1 Å². The van der Waals surface area contributed by atoms with Gasteiger partial charge in [0.15, 0.2) is 0 Å². The van der Waals surface area contributed by atoms with E-state index in [1.165, 1.54) is 6.20 Å². The van der Waals surface area contributed by atoms with Crippen molar-refractivity contribution in [1.82, 2.24) is 9.88 Å². The van der Waals surface area contributed by atoms with Crippen LogP contribution >= 0.6 is 0 Å². The largest absolute Gasteiger partial charge is 0.477 e. The number of aromatic carboxylic acids is 1. The van der Waals surface area contributed by atoms with E-state index in [0.29, 0.717) is 6.04 Å². The van der Waals surface area contributed by atoms with Crippen LogP contribution in [0.1, 0.15) is 29.9 Å². The van der Waals surface area contributed by atoms with Gasteiger partial charge in [0.25, 0.3) is 0 Å². The third kappa shape index (κ3) is 3.32. The van der Waals surface area contributed by atoms with Crippen molar-refractivity contribution in [3.63, 3.8) is 0 Å². The first-order valence-corrected chi connectivity index (χ1v) is 4.89. The third-order valence-corrected chi connectivity index (χ3v) is 2.36. The van der Waals surface area contributed by atoms with Crippen molar-refractivity contribution in [3.05, 3.63) is 29.6 Å². The number of hydrogen-bond acceptors (Lipinski definition) is 3. The van der Waals surface area contributed by atoms with Gasteiger partial charge in [-0.1, -0.05) is 0 Å². The maximum absolute atomic E-state index is 10.7. The number of carboxylic acids is 1. The summed E-state index contributed by atoms with van der Waals surface area (Å²) < 4.78 is 0. The van der Waals surface area contributed by atoms with Crippen molar-refractivity contribution in [3.8, 4) is 0 Å². The Morgan fingerprint density at radius 3 is 2.80 bits per heavy atom. The number of aromatic nitrogens is 1. The smallest absolute Gasteiger partial charge is 0.354 e. The average Bonchev–Trinajstić information content (AvgIpc) is 2.18. The minimum absolute atomic E-state index is 0.102. The molecular weight excluding hydrogens is 192 g/mol. The van der Waals surface area contributed by atoms with Crippen molar-refractivity contribution in [2.24, 2.45) is 0 Å². The van der Waals surface area contributed by atoms with E-state index < -0.39 is 5.97 Å². The van der Waals surface area contributed by atoms with Gasteiger partial charge < -0.3 is 5.11 Å². The van der Waals surface area contributed by atoms with Gasteiger partial charge in [-0.05, 0) is 38.6 Å². The van der Waals surface area contributed by atoms with Crippen molar-refractivity contribution >= 4 is 5.97 Å². The van der Waals surface area contributed by atoms with Gasteiger partial charge >= 0.3 is 5.97 Å². The van der Waals surface area contributed by atoms with E-state index in [9.17, 15) is 4.79 Å². The van der Waals surface area contributed by atoms with Gasteiger partial charge in [-0.3, -0.25) is 4.90 Å². The Kier molecular flexibility index (Phi) is 3.80. The van der Waals surface area contributed by atoms with Crippen LogP contribution in [0.3, 0.4) is 0 Å². The molecule has 0 aromatic carbocycles. The summed E-state index contributed by atoms with van der Waals surface area (Å²) in [6.45, 7) is 4.93. The molecule has 0 spiro atoms. The fraction of sp³-hybridized carbons (Fsp3) is 0.455. The molecule has 0 radical (unpaired) electrons. The normalized spacial score (nSPS) is 11.0. The summed E-state index contributed by atoms with van der Waals surface area (Å²) in [7, 11) is 2.01. The van der Waals surface area contributed by atoms with Crippen molar-refractivity contribution in [1.29, 1.82) is 0 Å². The topological polar surface area (TPSA) is 53.4 Å². The lowest BCUT2D eigenvalue weighted by atomic mass is 10.2. The van der Waals surface area contributed by atoms with Crippen LogP contribution in [0, 0.1) is 0 Å². The molecule has 82 valence electrons. The zero-order valence-electron chi connectivity index (χ0n) is 9.27. The van der Waals surface area contributed by atoms with E-state index in [2.05, 4.69) is 23.7 Å². The molecule has 0 saturated carbocycles. The highest BCUT2D eigenvalue weighted by Crippen LogP contribution is 2.07. The van der Waals surface area contributed by atoms with E-state index >= 15 is 0 Å². The number of hydrogen-bond donors (Lipinski definition) is 1. The van der Waals surface area contributed by atoms with Crippen LogP contribution in [0.15, 0.2) is 18.3 Å². The first-order valence-electron chi connectivity index (χ1n) is 4.89. The van der Waals surface area contributed by atoms with E-state index in [4.69, 9.17) is 5.11 Å². The SMILES string of the molecule is CC(C)N(C)Cc1ccnc(C(=O)O)c1. The number of pyridine rings is 1. The molecule has 0 bridgehead atoms. The molecule has 0 aliphatic carbocycles. The molecule has 1 heterocycles. The highest BCUT2D eigenvalue weighted by molar-refractivity contribution is 5.85. The molecule has 1 aromatic heterocycles. The highest BCUT2D eigenvalue weighted by Gasteiger charge is 2.08. The molecular formula is C11H16N2O2. The Labute approximate surface area is 89.6 Å². The second kappa shape index (κ2) is 4.89. The molecule has 1 aromatic rings. The van der Waals surface area contributed by atoms with E-state index in [-0.39, 0.29) is 5.69 Å². The number of carbonyl (C=O) groups is 1. The second-order valence-corrected chi connectivity index (χ2v) is 3.86. The van der Waals surface area contributed by atoms with Gasteiger partial charge in [0, 0.05) is 18.8 Å². The molecule has 0 unspecified atom stereocenters. The summed E-state index contributed by atoms with van der Waals surface area (Å²) in [5.41, 5.74) is 1.07. The maximum atomic E-state index is 10.7.